The van der Waals surface area contributed by atoms with Gasteiger partial charge in [0.1, 0.15) is 0 Å². The molecule has 0 aromatic heterocycles. The molecular weight excluding hydrogens is 238 g/mol. The summed E-state index contributed by atoms with van der Waals surface area (Å²) in [5, 5.41) is 3.36. The zero-order chi connectivity index (χ0) is 10.7. The Morgan fingerprint density at radius 1 is 1.29 bits per heavy atom. The standard InChI is InChI=1S/C12H18BrN/c1-8(2)12(14-4)11-7-10(13)6-5-9(11)3/h5-8,12,14H,1-4H3. The average molecular weight is 256 g/mol. The Morgan fingerprint density at radius 2 is 1.93 bits per heavy atom. The van der Waals surface area contributed by atoms with Gasteiger partial charge in [0.25, 0.3) is 0 Å². The molecule has 1 aromatic carbocycles. The molecule has 78 valence electrons. The van der Waals surface area contributed by atoms with Crippen molar-refractivity contribution in [2.24, 2.45) is 5.92 Å². The van der Waals surface area contributed by atoms with Gasteiger partial charge in [-0.1, -0.05) is 35.8 Å². The smallest absolute Gasteiger partial charge is 0.0343 e. The normalized spacial score (nSPS) is 13.3. The van der Waals surface area contributed by atoms with E-state index in [0.717, 1.165) is 4.47 Å². The second-order valence-electron chi connectivity index (χ2n) is 4.01. The summed E-state index contributed by atoms with van der Waals surface area (Å²) in [6, 6.07) is 6.89. The van der Waals surface area contributed by atoms with Crippen molar-refractivity contribution in [1.82, 2.24) is 5.32 Å². The highest BCUT2D eigenvalue weighted by Crippen LogP contribution is 2.26. The highest BCUT2D eigenvalue weighted by Gasteiger charge is 2.15. The van der Waals surface area contributed by atoms with Crippen LogP contribution in [0.15, 0.2) is 22.7 Å². The molecule has 0 aliphatic carbocycles. The van der Waals surface area contributed by atoms with Crippen LogP contribution in [0.5, 0.6) is 0 Å². The summed E-state index contributed by atoms with van der Waals surface area (Å²) in [5.41, 5.74) is 2.73. The van der Waals surface area contributed by atoms with Gasteiger partial charge in [-0.15, -0.1) is 0 Å². The molecule has 1 atom stereocenters. The lowest BCUT2D eigenvalue weighted by molar-refractivity contribution is 0.441. The summed E-state index contributed by atoms with van der Waals surface area (Å²) in [6.07, 6.45) is 0. The molecule has 1 nitrogen and oxygen atoms in total. The Hall–Kier alpha value is -0.340. The molecule has 0 aliphatic rings. The number of hydrogen-bond donors (Lipinski definition) is 1. The van der Waals surface area contributed by atoms with Crippen molar-refractivity contribution in [1.29, 1.82) is 0 Å². The molecule has 0 saturated carbocycles. The quantitative estimate of drug-likeness (QED) is 0.870. The van der Waals surface area contributed by atoms with Gasteiger partial charge in [0.05, 0.1) is 0 Å². The number of nitrogens with one attached hydrogen (secondary N) is 1. The SMILES string of the molecule is CNC(c1cc(Br)ccc1C)C(C)C. The molecule has 0 radical (unpaired) electrons. The van der Waals surface area contributed by atoms with Crippen LogP contribution in [0.3, 0.4) is 0 Å². The second-order valence-corrected chi connectivity index (χ2v) is 4.93. The van der Waals surface area contributed by atoms with E-state index in [1.54, 1.807) is 0 Å². The first-order valence-corrected chi connectivity index (χ1v) is 5.79. The van der Waals surface area contributed by atoms with Crippen molar-refractivity contribution in [3.05, 3.63) is 33.8 Å². The third kappa shape index (κ3) is 2.58. The monoisotopic (exact) mass is 255 g/mol. The molecule has 0 bridgehead atoms. The number of benzene rings is 1. The van der Waals surface area contributed by atoms with E-state index in [4.69, 9.17) is 0 Å². The van der Waals surface area contributed by atoms with Crippen LogP contribution in [0.4, 0.5) is 0 Å². The zero-order valence-corrected chi connectivity index (χ0v) is 10.9. The first-order valence-electron chi connectivity index (χ1n) is 4.99. The van der Waals surface area contributed by atoms with Gasteiger partial charge in [0.2, 0.25) is 0 Å². The van der Waals surface area contributed by atoms with E-state index in [-0.39, 0.29) is 0 Å². The largest absolute Gasteiger partial charge is 0.313 e. The van der Waals surface area contributed by atoms with Crippen LogP contribution in [-0.2, 0) is 0 Å². The predicted octanol–water partition coefficient (Wildman–Crippen LogP) is 3.67. The lowest BCUT2D eigenvalue weighted by Crippen LogP contribution is -2.22. The van der Waals surface area contributed by atoms with E-state index in [0.29, 0.717) is 12.0 Å². The van der Waals surface area contributed by atoms with Crippen LogP contribution in [0, 0.1) is 12.8 Å². The first kappa shape index (κ1) is 11.7. The van der Waals surface area contributed by atoms with Gasteiger partial charge in [-0.05, 0) is 43.1 Å². The van der Waals surface area contributed by atoms with Crippen LogP contribution < -0.4 is 5.32 Å². The molecule has 0 aliphatic heterocycles. The summed E-state index contributed by atoms with van der Waals surface area (Å²) in [7, 11) is 2.02. The molecule has 0 saturated heterocycles. The van der Waals surface area contributed by atoms with Crippen LogP contribution in [0.1, 0.15) is 31.0 Å². The van der Waals surface area contributed by atoms with Crippen molar-refractivity contribution in [3.8, 4) is 0 Å². The Morgan fingerprint density at radius 3 is 2.43 bits per heavy atom. The fourth-order valence-corrected chi connectivity index (χ4v) is 2.17. The predicted molar refractivity (Wildman–Crippen MR) is 65.5 cm³/mol. The molecule has 0 spiro atoms. The van der Waals surface area contributed by atoms with E-state index < -0.39 is 0 Å². The Labute approximate surface area is 95.0 Å². The Bertz CT molecular complexity index is 307. The maximum Gasteiger partial charge on any atom is 0.0343 e. The minimum atomic E-state index is 0.437. The van der Waals surface area contributed by atoms with E-state index in [1.165, 1.54) is 11.1 Å². The average Bonchev–Trinajstić information content (AvgIpc) is 2.11. The van der Waals surface area contributed by atoms with Gasteiger partial charge in [-0.25, -0.2) is 0 Å². The van der Waals surface area contributed by atoms with Gasteiger partial charge >= 0.3 is 0 Å². The number of rotatable bonds is 3. The highest BCUT2D eigenvalue weighted by atomic mass is 79.9. The summed E-state index contributed by atoms with van der Waals surface area (Å²) in [6.45, 7) is 6.64. The Kier molecular flexibility index (Phi) is 4.14. The van der Waals surface area contributed by atoms with Crippen molar-refractivity contribution >= 4 is 15.9 Å². The third-order valence-electron chi connectivity index (χ3n) is 2.55. The molecule has 0 amide bonds. The number of aryl methyl sites for hydroxylation is 1. The number of hydrogen-bond acceptors (Lipinski definition) is 1. The minimum Gasteiger partial charge on any atom is -0.313 e. The lowest BCUT2D eigenvalue weighted by atomic mass is 9.93. The third-order valence-corrected chi connectivity index (χ3v) is 3.05. The maximum atomic E-state index is 3.52. The fraction of sp³-hybridized carbons (Fsp3) is 0.500. The summed E-state index contributed by atoms with van der Waals surface area (Å²) < 4.78 is 1.15. The molecule has 0 heterocycles. The molecule has 1 aromatic rings. The van der Waals surface area contributed by atoms with Gasteiger partial charge in [0, 0.05) is 10.5 Å². The molecule has 1 rings (SSSR count). The molecule has 1 unspecified atom stereocenters. The fourth-order valence-electron chi connectivity index (χ4n) is 1.79. The van der Waals surface area contributed by atoms with E-state index in [9.17, 15) is 0 Å². The molecule has 0 fully saturated rings. The second kappa shape index (κ2) is 4.94. The molecule has 2 heteroatoms. The summed E-state index contributed by atoms with van der Waals surface area (Å²) in [5.74, 6) is 0.605. The van der Waals surface area contributed by atoms with Gasteiger partial charge in [-0.2, -0.15) is 0 Å². The van der Waals surface area contributed by atoms with Crippen molar-refractivity contribution in [2.75, 3.05) is 7.05 Å². The van der Waals surface area contributed by atoms with E-state index in [2.05, 4.69) is 60.2 Å². The first-order chi connectivity index (χ1) is 6.56. The van der Waals surface area contributed by atoms with Crippen LogP contribution >= 0.6 is 15.9 Å². The van der Waals surface area contributed by atoms with E-state index in [1.807, 2.05) is 7.05 Å². The van der Waals surface area contributed by atoms with Gasteiger partial charge in [-0.3, -0.25) is 0 Å². The van der Waals surface area contributed by atoms with Crippen molar-refractivity contribution < 1.29 is 0 Å². The highest BCUT2D eigenvalue weighted by molar-refractivity contribution is 9.10. The molecule has 1 N–H and O–H groups in total. The zero-order valence-electron chi connectivity index (χ0n) is 9.26. The lowest BCUT2D eigenvalue weighted by Gasteiger charge is -2.22. The van der Waals surface area contributed by atoms with Crippen molar-refractivity contribution in [3.63, 3.8) is 0 Å². The minimum absolute atomic E-state index is 0.437. The molecular formula is C12H18BrN. The van der Waals surface area contributed by atoms with Crippen molar-refractivity contribution in [2.45, 2.75) is 26.8 Å². The summed E-state index contributed by atoms with van der Waals surface area (Å²) in [4.78, 5) is 0. The van der Waals surface area contributed by atoms with Crippen LogP contribution in [-0.4, -0.2) is 7.05 Å². The van der Waals surface area contributed by atoms with Crippen LogP contribution in [0.25, 0.3) is 0 Å². The topological polar surface area (TPSA) is 12.0 Å². The number of halogens is 1. The van der Waals surface area contributed by atoms with Gasteiger partial charge < -0.3 is 5.32 Å². The Balaban J connectivity index is 3.08. The van der Waals surface area contributed by atoms with E-state index >= 15 is 0 Å². The maximum absolute atomic E-state index is 3.52. The molecule has 14 heavy (non-hydrogen) atoms. The van der Waals surface area contributed by atoms with Crippen LogP contribution in [0.2, 0.25) is 0 Å². The van der Waals surface area contributed by atoms with Gasteiger partial charge in [0.15, 0.2) is 0 Å². The summed E-state index contributed by atoms with van der Waals surface area (Å²) >= 11 is 3.52.